The molecule has 1 aromatic rings. The summed E-state index contributed by atoms with van der Waals surface area (Å²) in [6.45, 7) is 5.42. The fraction of sp³-hybridized carbons (Fsp3) is 0.545. The summed E-state index contributed by atoms with van der Waals surface area (Å²) < 4.78 is 6.03. The van der Waals surface area contributed by atoms with Gasteiger partial charge in [0.15, 0.2) is 5.69 Å². The van der Waals surface area contributed by atoms with Crippen LogP contribution in [0.2, 0.25) is 0 Å². The monoisotopic (exact) mass is 283 g/mol. The number of rotatable bonds is 5. The fourth-order valence-corrected chi connectivity index (χ4v) is 1.41. The first-order valence-electron chi connectivity index (χ1n) is 6.14. The molecule has 0 radical (unpaired) electrons. The van der Waals surface area contributed by atoms with E-state index in [2.05, 4.69) is 20.9 Å². The van der Waals surface area contributed by atoms with Crippen molar-refractivity contribution >= 4 is 17.9 Å². The molecule has 0 saturated heterocycles. The van der Waals surface area contributed by atoms with E-state index >= 15 is 0 Å². The number of amides is 3. The van der Waals surface area contributed by atoms with E-state index in [0.29, 0.717) is 12.2 Å². The van der Waals surface area contributed by atoms with Gasteiger partial charge in [0.1, 0.15) is 6.54 Å². The van der Waals surface area contributed by atoms with Crippen LogP contribution < -0.4 is 10.6 Å². The molecular formula is C11H17N5O4. The molecule has 1 heterocycles. The number of hydrogen-bond acceptors (Lipinski definition) is 6. The lowest BCUT2D eigenvalue weighted by Gasteiger charge is -2.05. The molecule has 0 spiro atoms. The standard InChI is InChI=1S/C11H17N5O4/c1-4-12-11(19)13-8(17)6-16-7(3)9(14-15-16)10(18)20-5-2/h4-6H2,1-3H3,(H2,12,13,17,19). The number of ether oxygens (including phenoxy) is 1. The molecule has 2 N–H and O–H groups in total. The normalized spacial score (nSPS) is 9.95. The number of nitrogens with zero attached hydrogens (tertiary/aromatic N) is 3. The first-order valence-corrected chi connectivity index (χ1v) is 6.14. The van der Waals surface area contributed by atoms with Gasteiger partial charge in [-0.3, -0.25) is 10.1 Å². The molecule has 1 rings (SSSR count). The molecule has 0 aromatic carbocycles. The molecular weight excluding hydrogens is 266 g/mol. The van der Waals surface area contributed by atoms with Crippen molar-refractivity contribution in [3.05, 3.63) is 11.4 Å². The molecule has 0 aliphatic carbocycles. The molecule has 0 aliphatic heterocycles. The molecule has 0 atom stereocenters. The number of urea groups is 1. The minimum absolute atomic E-state index is 0.0534. The van der Waals surface area contributed by atoms with E-state index in [4.69, 9.17) is 4.74 Å². The molecule has 110 valence electrons. The van der Waals surface area contributed by atoms with Crippen LogP contribution in [0.15, 0.2) is 0 Å². The average Bonchev–Trinajstić information content (AvgIpc) is 2.71. The molecule has 0 bridgehead atoms. The van der Waals surface area contributed by atoms with Crippen molar-refractivity contribution in [1.29, 1.82) is 0 Å². The van der Waals surface area contributed by atoms with Crippen LogP contribution in [-0.2, 0) is 16.1 Å². The second-order valence-electron chi connectivity index (χ2n) is 3.81. The number of carbonyl (C=O) groups excluding carboxylic acids is 3. The molecule has 0 saturated carbocycles. The highest BCUT2D eigenvalue weighted by atomic mass is 16.5. The number of hydrogen-bond donors (Lipinski definition) is 2. The second kappa shape index (κ2) is 7.22. The van der Waals surface area contributed by atoms with Crippen molar-refractivity contribution < 1.29 is 19.1 Å². The van der Waals surface area contributed by atoms with E-state index in [0.717, 1.165) is 0 Å². The molecule has 9 nitrogen and oxygen atoms in total. The molecule has 1 aromatic heterocycles. The lowest BCUT2D eigenvalue weighted by Crippen LogP contribution is -2.41. The van der Waals surface area contributed by atoms with E-state index in [9.17, 15) is 14.4 Å². The fourth-order valence-electron chi connectivity index (χ4n) is 1.41. The lowest BCUT2D eigenvalue weighted by atomic mass is 10.3. The summed E-state index contributed by atoms with van der Waals surface area (Å²) >= 11 is 0. The molecule has 3 amide bonds. The lowest BCUT2D eigenvalue weighted by molar-refractivity contribution is -0.120. The Balaban J connectivity index is 2.67. The average molecular weight is 283 g/mol. The van der Waals surface area contributed by atoms with Gasteiger partial charge >= 0.3 is 12.0 Å². The van der Waals surface area contributed by atoms with Crippen LogP contribution in [0, 0.1) is 6.92 Å². The zero-order chi connectivity index (χ0) is 15.1. The third kappa shape index (κ3) is 4.04. The van der Waals surface area contributed by atoms with Gasteiger partial charge in [0.25, 0.3) is 0 Å². The van der Waals surface area contributed by atoms with Crippen LogP contribution in [0.1, 0.15) is 30.0 Å². The number of imide groups is 1. The summed E-state index contributed by atoms with van der Waals surface area (Å²) in [7, 11) is 0. The molecule has 0 unspecified atom stereocenters. The van der Waals surface area contributed by atoms with E-state index in [-0.39, 0.29) is 18.8 Å². The van der Waals surface area contributed by atoms with Gasteiger partial charge in [-0.05, 0) is 20.8 Å². The largest absolute Gasteiger partial charge is 0.461 e. The van der Waals surface area contributed by atoms with Crippen molar-refractivity contribution in [1.82, 2.24) is 25.6 Å². The van der Waals surface area contributed by atoms with Crippen molar-refractivity contribution in [3.63, 3.8) is 0 Å². The Hall–Kier alpha value is -2.45. The van der Waals surface area contributed by atoms with Crippen molar-refractivity contribution in [3.8, 4) is 0 Å². The van der Waals surface area contributed by atoms with E-state index < -0.39 is 17.9 Å². The van der Waals surface area contributed by atoms with Gasteiger partial charge in [-0.2, -0.15) is 0 Å². The molecule has 0 fully saturated rings. The van der Waals surface area contributed by atoms with Gasteiger partial charge in [0, 0.05) is 6.54 Å². The van der Waals surface area contributed by atoms with Crippen LogP contribution in [-0.4, -0.2) is 46.1 Å². The van der Waals surface area contributed by atoms with Gasteiger partial charge in [0.05, 0.1) is 12.3 Å². The van der Waals surface area contributed by atoms with Gasteiger partial charge in [-0.15, -0.1) is 5.10 Å². The van der Waals surface area contributed by atoms with Crippen LogP contribution in [0.5, 0.6) is 0 Å². The molecule has 9 heteroatoms. The smallest absolute Gasteiger partial charge is 0.360 e. The Morgan fingerprint density at radius 3 is 2.60 bits per heavy atom. The predicted molar refractivity (Wildman–Crippen MR) is 67.9 cm³/mol. The Kier molecular flexibility index (Phi) is 5.63. The maximum Gasteiger partial charge on any atom is 0.360 e. The summed E-state index contributed by atoms with van der Waals surface area (Å²) in [4.78, 5) is 34.3. The maximum atomic E-state index is 11.6. The van der Waals surface area contributed by atoms with Crippen LogP contribution in [0.25, 0.3) is 0 Å². The minimum Gasteiger partial charge on any atom is -0.461 e. The molecule has 0 aliphatic rings. The predicted octanol–water partition coefficient (Wildman–Crippen LogP) is -0.391. The highest BCUT2D eigenvalue weighted by Crippen LogP contribution is 2.05. The summed E-state index contributed by atoms with van der Waals surface area (Å²) in [5.74, 6) is -1.15. The summed E-state index contributed by atoms with van der Waals surface area (Å²) in [6, 6.07) is -0.583. The van der Waals surface area contributed by atoms with Gasteiger partial charge < -0.3 is 10.1 Å². The Labute approximate surface area is 115 Å². The van der Waals surface area contributed by atoms with E-state index in [1.807, 2.05) is 0 Å². The molecule has 20 heavy (non-hydrogen) atoms. The maximum absolute atomic E-state index is 11.6. The van der Waals surface area contributed by atoms with Gasteiger partial charge in [0.2, 0.25) is 5.91 Å². The zero-order valence-corrected chi connectivity index (χ0v) is 11.6. The van der Waals surface area contributed by atoms with E-state index in [1.165, 1.54) is 4.68 Å². The van der Waals surface area contributed by atoms with Crippen molar-refractivity contribution in [2.75, 3.05) is 13.2 Å². The number of nitrogens with one attached hydrogen (secondary N) is 2. The summed E-state index contributed by atoms with van der Waals surface area (Å²) in [5.41, 5.74) is 0.451. The quantitative estimate of drug-likeness (QED) is 0.711. The first-order chi connectivity index (χ1) is 9.49. The van der Waals surface area contributed by atoms with Crippen molar-refractivity contribution in [2.24, 2.45) is 0 Å². The summed E-state index contributed by atoms with van der Waals surface area (Å²) in [5, 5.41) is 11.9. The number of carbonyl (C=O) groups is 3. The van der Waals surface area contributed by atoms with Gasteiger partial charge in [-0.1, -0.05) is 5.21 Å². The van der Waals surface area contributed by atoms with Gasteiger partial charge in [-0.25, -0.2) is 14.3 Å². The van der Waals surface area contributed by atoms with Crippen LogP contribution >= 0.6 is 0 Å². The van der Waals surface area contributed by atoms with Crippen LogP contribution in [0.4, 0.5) is 4.79 Å². The topological polar surface area (TPSA) is 115 Å². The SMILES string of the molecule is CCNC(=O)NC(=O)Cn1nnc(C(=O)OCC)c1C. The third-order valence-electron chi connectivity index (χ3n) is 2.34. The Bertz CT molecular complexity index is 511. The van der Waals surface area contributed by atoms with Crippen LogP contribution in [0.3, 0.4) is 0 Å². The number of aromatic nitrogens is 3. The zero-order valence-electron chi connectivity index (χ0n) is 11.6. The summed E-state index contributed by atoms with van der Waals surface area (Å²) in [6.07, 6.45) is 0. The first kappa shape index (κ1) is 15.6. The Morgan fingerprint density at radius 1 is 1.30 bits per heavy atom. The minimum atomic E-state index is -0.597. The highest BCUT2D eigenvalue weighted by Gasteiger charge is 2.19. The second-order valence-corrected chi connectivity index (χ2v) is 3.81. The van der Waals surface area contributed by atoms with E-state index in [1.54, 1.807) is 20.8 Å². The third-order valence-corrected chi connectivity index (χ3v) is 2.34. The Morgan fingerprint density at radius 2 is 2.00 bits per heavy atom. The van der Waals surface area contributed by atoms with Crippen molar-refractivity contribution in [2.45, 2.75) is 27.3 Å². The highest BCUT2D eigenvalue weighted by molar-refractivity contribution is 5.94. The number of esters is 1.